The third kappa shape index (κ3) is 1.55. The summed E-state index contributed by atoms with van der Waals surface area (Å²) in [7, 11) is 0. The molecule has 106 valence electrons. The Morgan fingerprint density at radius 2 is 1.95 bits per heavy atom. The first-order valence-corrected chi connectivity index (χ1v) is 8.33. The van der Waals surface area contributed by atoms with Gasteiger partial charge in [0.1, 0.15) is 11.7 Å². The number of fused-ring (bicyclic) bond motifs is 2. The SMILES string of the molecule is CC1=C(Br)C[C@]2([C@@H](O)C1)C(C)(C)C(Br)=C[C@H]1O[C@]12C. The van der Waals surface area contributed by atoms with Crippen molar-refractivity contribution in [3.8, 4) is 0 Å². The second-order valence-corrected chi connectivity index (χ2v) is 8.65. The summed E-state index contributed by atoms with van der Waals surface area (Å²) in [5.41, 5.74) is 0.567. The summed E-state index contributed by atoms with van der Waals surface area (Å²) in [6.45, 7) is 8.66. The van der Waals surface area contributed by atoms with Gasteiger partial charge in [-0.05, 0) is 37.2 Å². The lowest BCUT2D eigenvalue weighted by Crippen LogP contribution is -2.59. The summed E-state index contributed by atoms with van der Waals surface area (Å²) >= 11 is 7.42. The quantitative estimate of drug-likeness (QED) is 0.625. The maximum atomic E-state index is 10.9. The van der Waals surface area contributed by atoms with Gasteiger partial charge in [-0.2, -0.15) is 0 Å². The first kappa shape index (κ1) is 14.3. The molecule has 1 saturated heterocycles. The number of allylic oxidation sites excluding steroid dienone is 2. The Kier molecular flexibility index (Phi) is 2.98. The summed E-state index contributed by atoms with van der Waals surface area (Å²) in [5.74, 6) is 0. The summed E-state index contributed by atoms with van der Waals surface area (Å²) in [6.07, 6.45) is 3.47. The number of halogens is 2. The van der Waals surface area contributed by atoms with E-state index in [2.05, 4.69) is 65.6 Å². The van der Waals surface area contributed by atoms with E-state index in [9.17, 15) is 5.11 Å². The van der Waals surface area contributed by atoms with Gasteiger partial charge in [0.25, 0.3) is 0 Å². The molecule has 0 amide bonds. The first-order chi connectivity index (χ1) is 8.67. The molecule has 0 saturated carbocycles. The zero-order chi connectivity index (χ0) is 14.2. The molecule has 19 heavy (non-hydrogen) atoms. The van der Waals surface area contributed by atoms with E-state index in [0.717, 1.165) is 17.3 Å². The van der Waals surface area contributed by atoms with Crippen molar-refractivity contribution < 1.29 is 9.84 Å². The molecule has 0 aromatic carbocycles. The van der Waals surface area contributed by atoms with Crippen LogP contribution >= 0.6 is 31.9 Å². The largest absolute Gasteiger partial charge is 0.392 e. The van der Waals surface area contributed by atoms with Gasteiger partial charge < -0.3 is 9.84 Å². The van der Waals surface area contributed by atoms with Crippen LogP contribution in [0.2, 0.25) is 0 Å². The van der Waals surface area contributed by atoms with Crippen LogP contribution in [0, 0.1) is 10.8 Å². The molecule has 1 aliphatic heterocycles. The van der Waals surface area contributed by atoms with Crippen molar-refractivity contribution >= 4 is 31.9 Å². The Bertz CT molecular complexity index is 508. The van der Waals surface area contributed by atoms with Gasteiger partial charge in [-0.1, -0.05) is 51.3 Å². The smallest absolute Gasteiger partial charge is 0.107 e. The van der Waals surface area contributed by atoms with Crippen molar-refractivity contribution in [1.29, 1.82) is 0 Å². The second kappa shape index (κ2) is 3.96. The lowest BCUT2D eigenvalue weighted by atomic mass is 9.49. The number of aliphatic hydroxyl groups is 1. The van der Waals surface area contributed by atoms with Gasteiger partial charge in [-0.15, -0.1) is 0 Å². The zero-order valence-electron chi connectivity index (χ0n) is 11.8. The lowest BCUT2D eigenvalue weighted by molar-refractivity contribution is -0.0986. The van der Waals surface area contributed by atoms with Gasteiger partial charge in [0, 0.05) is 15.3 Å². The zero-order valence-corrected chi connectivity index (χ0v) is 14.9. The van der Waals surface area contributed by atoms with E-state index in [-0.39, 0.29) is 28.6 Å². The van der Waals surface area contributed by atoms with E-state index in [1.165, 1.54) is 10.1 Å². The summed E-state index contributed by atoms with van der Waals surface area (Å²) in [6, 6.07) is 0. The molecule has 2 nitrogen and oxygen atoms in total. The van der Waals surface area contributed by atoms with E-state index >= 15 is 0 Å². The minimum atomic E-state index is -0.375. The van der Waals surface area contributed by atoms with E-state index < -0.39 is 0 Å². The van der Waals surface area contributed by atoms with Crippen LogP contribution in [0.5, 0.6) is 0 Å². The minimum absolute atomic E-state index is 0.128. The highest BCUT2D eigenvalue weighted by atomic mass is 79.9. The van der Waals surface area contributed by atoms with Gasteiger partial charge in [-0.25, -0.2) is 0 Å². The normalized spacial score (nSPS) is 48.1. The predicted molar refractivity (Wildman–Crippen MR) is 83.4 cm³/mol. The Morgan fingerprint density at radius 1 is 1.32 bits per heavy atom. The number of hydrogen-bond acceptors (Lipinski definition) is 2. The van der Waals surface area contributed by atoms with Gasteiger partial charge >= 0.3 is 0 Å². The van der Waals surface area contributed by atoms with Crippen LogP contribution in [0.3, 0.4) is 0 Å². The summed E-state index contributed by atoms with van der Waals surface area (Å²) in [5, 5.41) is 10.9. The molecule has 1 N–H and O–H groups in total. The van der Waals surface area contributed by atoms with E-state index in [0.29, 0.717) is 0 Å². The number of rotatable bonds is 0. The average molecular weight is 392 g/mol. The summed E-state index contributed by atoms with van der Waals surface area (Å²) < 4.78 is 8.39. The Hall–Kier alpha value is 0.360. The predicted octanol–water partition coefficient (Wildman–Crippen LogP) is 4.27. The Balaban J connectivity index is 2.19. The molecule has 4 heteroatoms. The van der Waals surface area contributed by atoms with Gasteiger partial charge in [0.15, 0.2) is 0 Å². The molecule has 3 aliphatic rings. The molecule has 0 aromatic heterocycles. The number of hydrogen-bond donors (Lipinski definition) is 1. The number of ether oxygens (including phenoxy) is 1. The van der Waals surface area contributed by atoms with E-state index in [4.69, 9.17) is 4.74 Å². The minimum Gasteiger partial charge on any atom is -0.392 e. The van der Waals surface area contributed by atoms with Crippen LogP contribution in [0.25, 0.3) is 0 Å². The van der Waals surface area contributed by atoms with Gasteiger partial charge in [0.2, 0.25) is 0 Å². The van der Waals surface area contributed by atoms with Crippen molar-refractivity contribution in [3.05, 3.63) is 20.6 Å². The van der Waals surface area contributed by atoms with Crippen LogP contribution in [-0.4, -0.2) is 22.9 Å². The van der Waals surface area contributed by atoms with Crippen LogP contribution < -0.4 is 0 Å². The van der Waals surface area contributed by atoms with Crippen molar-refractivity contribution in [2.24, 2.45) is 10.8 Å². The second-order valence-electron chi connectivity index (χ2n) is 6.84. The van der Waals surface area contributed by atoms with E-state index in [1.54, 1.807) is 0 Å². The van der Waals surface area contributed by atoms with Crippen molar-refractivity contribution in [2.45, 2.75) is 58.3 Å². The van der Waals surface area contributed by atoms with Crippen molar-refractivity contribution in [3.63, 3.8) is 0 Å². The highest BCUT2D eigenvalue weighted by Crippen LogP contribution is 2.71. The molecule has 3 rings (SSSR count). The third-order valence-corrected chi connectivity index (χ3v) is 7.93. The molecule has 1 fully saturated rings. The fourth-order valence-electron chi connectivity index (χ4n) is 4.19. The molecule has 0 radical (unpaired) electrons. The van der Waals surface area contributed by atoms with Gasteiger partial charge in [-0.3, -0.25) is 0 Å². The standard InChI is InChI=1S/C15H20Br2O2/c1-8-5-11(18)15(7-9(8)16)13(2,3)10(17)6-12-14(15,4)19-12/h6,11-12,18H,5,7H2,1-4H3/t11-,12+,14+,15-/m0/s1. The average Bonchev–Trinajstić information content (AvgIpc) is 2.94. The molecule has 4 atom stereocenters. The summed E-state index contributed by atoms with van der Waals surface area (Å²) in [4.78, 5) is 0. The highest BCUT2D eigenvalue weighted by molar-refractivity contribution is 9.12. The molecular weight excluding hydrogens is 372 g/mol. The van der Waals surface area contributed by atoms with Crippen LogP contribution in [0.1, 0.15) is 40.5 Å². The van der Waals surface area contributed by atoms with Crippen LogP contribution in [-0.2, 0) is 4.74 Å². The molecule has 0 bridgehead atoms. The topological polar surface area (TPSA) is 32.8 Å². The fraction of sp³-hybridized carbons (Fsp3) is 0.733. The molecule has 0 unspecified atom stereocenters. The van der Waals surface area contributed by atoms with Crippen molar-refractivity contribution in [1.82, 2.24) is 0 Å². The molecular formula is C15H20Br2O2. The number of epoxide rings is 1. The molecule has 0 aromatic rings. The monoisotopic (exact) mass is 390 g/mol. The molecule has 2 aliphatic carbocycles. The maximum Gasteiger partial charge on any atom is 0.107 e. The third-order valence-electron chi connectivity index (χ3n) is 5.72. The van der Waals surface area contributed by atoms with Crippen LogP contribution in [0.4, 0.5) is 0 Å². The van der Waals surface area contributed by atoms with Crippen molar-refractivity contribution in [2.75, 3.05) is 0 Å². The molecule has 1 spiro atoms. The highest BCUT2D eigenvalue weighted by Gasteiger charge is 2.75. The Morgan fingerprint density at radius 3 is 2.58 bits per heavy atom. The van der Waals surface area contributed by atoms with E-state index in [1.807, 2.05) is 0 Å². The van der Waals surface area contributed by atoms with Crippen LogP contribution in [0.15, 0.2) is 20.6 Å². The maximum absolute atomic E-state index is 10.9. The fourth-order valence-corrected chi connectivity index (χ4v) is 5.39. The first-order valence-electron chi connectivity index (χ1n) is 6.74. The van der Waals surface area contributed by atoms with Gasteiger partial charge in [0.05, 0.1) is 6.10 Å². The lowest BCUT2D eigenvalue weighted by Gasteiger charge is -2.56. The Labute approximate surface area is 131 Å². The number of aliphatic hydroxyl groups excluding tert-OH is 1. The molecule has 1 heterocycles.